The standard InChI is InChI=1S/C20H19NO2/c1-2-4-19(18-6-3-5-16(13-18)14-21)17-10-7-15(8-11-17)9-12-20(22)23/h3-14,21H,2H2,1H3,(H,22,23)/b12-9+,19-4-,21-14?. The maximum absolute atomic E-state index is 10.6. The van der Waals surface area contributed by atoms with Crippen molar-refractivity contribution in [2.75, 3.05) is 0 Å². The van der Waals surface area contributed by atoms with Crippen LogP contribution in [0.15, 0.2) is 60.7 Å². The van der Waals surface area contributed by atoms with Crippen LogP contribution in [0, 0.1) is 5.41 Å². The van der Waals surface area contributed by atoms with E-state index in [0.29, 0.717) is 0 Å². The fraction of sp³-hybridized carbons (Fsp3) is 0.100. The Kier molecular flexibility index (Phi) is 5.64. The molecule has 0 atom stereocenters. The Labute approximate surface area is 136 Å². The van der Waals surface area contributed by atoms with E-state index in [1.807, 2.05) is 48.5 Å². The van der Waals surface area contributed by atoms with Gasteiger partial charge in [0.05, 0.1) is 0 Å². The van der Waals surface area contributed by atoms with Gasteiger partial charge in [0.2, 0.25) is 0 Å². The summed E-state index contributed by atoms with van der Waals surface area (Å²) in [6.07, 6.45) is 7.11. The van der Waals surface area contributed by atoms with Crippen LogP contribution in [0.5, 0.6) is 0 Å². The highest BCUT2D eigenvalue weighted by molar-refractivity contribution is 5.86. The maximum atomic E-state index is 10.6. The summed E-state index contributed by atoms with van der Waals surface area (Å²) < 4.78 is 0. The SMILES string of the molecule is CC/C=C(/c1ccc(/C=C/C(=O)O)cc1)c1cccc(C=N)c1. The van der Waals surface area contributed by atoms with E-state index in [1.54, 1.807) is 6.08 Å². The molecular weight excluding hydrogens is 286 g/mol. The molecule has 23 heavy (non-hydrogen) atoms. The number of benzene rings is 2. The zero-order chi connectivity index (χ0) is 16.7. The van der Waals surface area contributed by atoms with E-state index in [-0.39, 0.29) is 0 Å². The zero-order valence-electron chi connectivity index (χ0n) is 13.0. The molecule has 3 nitrogen and oxygen atoms in total. The minimum absolute atomic E-state index is 0.847. The maximum Gasteiger partial charge on any atom is 0.328 e. The number of allylic oxidation sites excluding steroid dienone is 1. The van der Waals surface area contributed by atoms with Crippen LogP contribution in [0.1, 0.15) is 35.6 Å². The van der Waals surface area contributed by atoms with Gasteiger partial charge in [-0.1, -0.05) is 55.5 Å². The smallest absolute Gasteiger partial charge is 0.328 e. The van der Waals surface area contributed by atoms with Crippen LogP contribution in [-0.4, -0.2) is 17.3 Å². The first-order valence-electron chi connectivity index (χ1n) is 7.46. The summed E-state index contributed by atoms with van der Waals surface area (Å²) in [7, 11) is 0. The van der Waals surface area contributed by atoms with E-state index in [1.165, 1.54) is 6.21 Å². The van der Waals surface area contributed by atoms with Crippen LogP contribution >= 0.6 is 0 Å². The quantitative estimate of drug-likeness (QED) is 0.604. The van der Waals surface area contributed by atoms with Crippen molar-refractivity contribution in [1.82, 2.24) is 0 Å². The van der Waals surface area contributed by atoms with Gasteiger partial charge in [0, 0.05) is 12.3 Å². The Morgan fingerprint density at radius 1 is 1.09 bits per heavy atom. The van der Waals surface area contributed by atoms with Gasteiger partial charge in [0.15, 0.2) is 0 Å². The van der Waals surface area contributed by atoms with Gasteiger partial charge in [-0.2, -0.15) is 0 Å². The number of hydrogen-bond donors (Lipinski definition) is 2. The van der Waals surface area contributed by atoms with Crippen molar-refractivity contribution < 1.29 is 9.90 Å². The van der Waals surface area contributed by atoms with E-state index in [0.717, 1.165) is 40.3 Å². The lowest BCUT2D eigenvalue weighted by Crippen LogP contribution is -1.91. The average Bonchev–Trinajstić information content (AvgIpc) is 2.58. The minimum Gasteiger partial charge on any atom is -0.478 e. The number of carboxylic acid groups (broad SMARTS) is 1. The first-order valence-corrected chi connectivity index (χ1v) is 7.46. The highest BCUT2D eigenvalue weighted by Crippen LogP contribution is 2.25. The molecule has 0 saturated carbocycles. The summed E-state index contributed by atoms with van der Waals surface area (Å²) in [4.78, 5) is 10.6. The molecule has 0 radical (unpaired) electrons. The molecule has 0 amide bonds. The van der Waals surface area contributed by atoms with Crippen molar-refractivity contribution in [3.05, 3.63) is 82.9 Å². The minimum atomic E-state index is -0.955. The second-order valence-corrected chi connectivity index (χ2v) is 5.09. The molecule has 2 aromatic carbocycles. The lowest BCUT2D eigenvalue weighted by Gasteiger charge is -2.10. The van der Waals surface area contributed by atoms with Crippen LogP contribution in [0.4, 0.5) is 0 Å². The molecule has 0 spiro atoms. The molecule has 0 saturated heterocycles. The molecule has 0 aromatic heterocycles. The van der Waals surface area contributed by atoms with Gasteiger partial charge in [0.1, 0.15) is 0 Å². The molecule has 0 aliphatic carbocycles. The molecule has 0 aliphatic heterocycles. The molecule has 3 heteroatoms. The summed E-state index contributed by atoms with van der Waals surface area (Å²) in [5.41, 5.74) is 4.97. The lowest BCUT2D eigenvalue weighted by atomic mass is 9.95. The van der Waals surface area contributed by atoms with Gasteiger partial charge in [-0.05, 0) is 46.4 Å². The van der Waals surface area contributed by atoms with Crippen LogP contribution in [0.3, 0.4) is 0 Å². The molecular formula is C20H19NO2. The van der Waals surface area contributed by atoms with Gasteiger partial charge in [-0.15, -0.1) is 0 Å². The van der Waals surface area contributed by atoms with Crippen LogP contribution in [0.25, 0.3) is 11.6 Å². The molecule has 2 rings (SSSR count). The third-order valence-corrected chi connectivity index (χ3v) is 3.41. The van der Waals surface area contributed by atoms with E-state index < -0.39 is 5.97 Å². The van der Waals surface area contributed by atoms with Crippen molar-refractivity contribution in [2.45, 2.75) is 13.3 Å². The van der Waals surface area contributed by atoms with Crippen LogP contribution in [-0.2, 0) is 4.79 Å². The number of carboxylic acids is 1. The Balaban J connectivity index is 2.36. The van der Waals surface area contributed by atoms with Gasteiger partial charge < -0.3 is 10.5 Å². The van der Waals surface area contributed by atoms with E-state index in [4.69, 9.17) is 10.5 Å². The Bertz CT molecular complexity index is 755. The number of nitrogens with one attached hydrogen (secondary N) is 1. The van der Waals surface area contributed by atoms with E-state index >= 15 is 0 Å². The number of hydrogen-bond acceptors (Lipinski definition) is 2. The highest BCUT2D eigenvalue weighted by atomic mass is 16.4. The van der Waals surface area contributed by atoms with Gasteiger partial charge in [0.25, 0.3) is 0 Å². The fourth-order valence-electron chi connectivity index (χ4n) is 2.34. The monoisotopic (exact) mass is 305 g/mol. The second kappa shape index (κ2) is 7.90. The predicted molar refractivity (Wildman–Crippen MR) is 94.8 cm³/mol. The summed E-state index contributed by atoms with van der Waals surface area (Å²) in [5, 5.41) is 16.1. The molecule has 2 N–H and O–H groups in total. The first-order chi connectivity index (χ1) is 11.1. The number of carbonyl (C=O) groups is 1. The lowest BCUT2D eigenvalue weighted by molar-refractivity contribution is -0.131. The highest BCUT2D eigenvalue weighted by Gasteiger charge is 2.05. The van der Waals surface area contributed by atoms with Crippen LogP contribution < -0.4 is 0 Å². The van der Waals surface area contributed by atoms with E-state index in [9.17, 15) is 4.79 Å². The van der Waals surface area contributed by atoms with Crippen molar-refractivity contribution in [3.8, 4) is 0 Å². The molecule has 0 fully saturated rings. The third kappa shape index (κ3) is 4.51. The van der Waals surface area contributed by atoms with Gasteiger partial charge in [-0.25, -0.2) is 4.79 Å². The second-order valence-electron chi connectivity index (χ2n) is 5.09. The predicted octanol–water partition coefficient (Wildman–Crippen LogP) is 4.62. The Morgan fingerprint density at radius 2 is 1.83 bits per heavy atom. The normalized spacial score (nSPS) is 11.6. The molecule has 0 unspecified atom stereocenters. The zero-order valence-corrected chi connectivity index (χ0v) is 13.0. The molecule has 2 aromatic rings. The summed E-state index contributed by atoms with van der Waals surface area (Å²) >= 11 is 0. The van der Waals surface area contributed by atoms with Crippen molar-refractivity contribution in [1.29, 1.82) is 5.41 Å². The first kappa shape index (κ1) is 16.4. The molecule has 0 heterocycles. The van der Waals surface area contributed by atoms with Gasteiger partial charge >= 0.3 is 5.97 Å². The summed E-state index contributed by atoms with van der Waals surface area (Å²) in [5.74, 6) is -0.955. The largest absolute Gasteiger partial charge is 0.478 e. The van der Waals surface area contributed by atoms with Crippen molar-refractivity contribution >= 4 is 23.8 Å². The Hall–Kier alpha value is -2.94. The molecule has 0 bridgehead atoms. The summed E-state index contributed by atoms with van der Waals surface area (Å²) in [6, 6.07) is 15.7. The third-order valence-electron chi connectivity index (χ3n) is 3.41. The Morgan fingerprint density at radius 3 is 2.43 bits per heavy atom. The number of rotatable bonds is 6. The average molecular weight is 305 g/mol. The van der Waals surface area contributed by atoms with Gasteiger partial charge in [-0.3, -0.25) is 0 Å². The topological polar surface area (TPSA) is 61.1 Å². The van der Waals surface area contributed by atoms with Crippen molar-refractivity contribution in [3.63, 3.8) is 0 Å². The molecule has 116 valence electrons. The van der Waals surface area contributed by atoms with Crippen LogP contribution in [0.2, 0.25) is 0 Å². The summed E-state index contributed by atoms with van der Waals surface area (Å²) in [6.45, 7) is 2.09. The molecule has 0 aliphatic rings. The van der Waals surface area contributed by atoms with E-state index in [2.05, 4.69) is 13.0 Å². The van der Waals surface area contributed by atoms with Crippen molar-refractivity contribution in [2.24, 2.45) is 0 Å². The number of aliphatic carboxylic acids is 1. The fourth-order valence-corrected chi connectivity index (χ4v) is 2.34.